The SMILES string of the molecule is CCCCc1nc(Cl)c(C(=O)OC)n1Cc1ccc2c(ccn2-c2ccccc2-c2noc(=O)[nH]2)c1. The first-order valence-corrected chi connectivity index (χ1v) is 12.0. The number of halogens is 1. The van der Waals surface area contributed by atoms with Gasteiger partial charge in [-0.25, -0.2) is 14.6 Å². The molecule has 1 N–H and O–H groups in total. The molecule has 0 radical (unpaired) electrons. The quantitative estimate of drug-likeness (QED) is 0.297. The third-order valence-electron chi connectivity index (χ3n) is 6.09. The number of hydrogen-bond donors (Lipinski definition) is 1. The van der Waals surface area contributed by atoms with E-state index in [1.165, 1.54) is 7.11 Å². The van der Waals surface area contributed by atoms with Gasteiger partial charge in [0.2, 0.25) is 0 Å². The smallest absolute Gasteiger partial charge is 0.439 e. The van der Waals surface area contributed by atoms with Crippen LogP contribution in [0, 0.1) is 0 Å². The van der Waals surface area contributed by atoms with E-state index in [2.05, 4.69) is 28.1 Å². The van der Waals surface area contributed by atoms with Gasteiger partial charge in [-0.15, -0.1) is 0 Å². The molecular weight excluding hydrogens is 482 g/mol. The molecule has 2 aromatic carbocycles. The van der Waals surface area contributed by atoms with Gasteiger partial charge >= 0.3 is 11.7 Å². The Morgan fingerprint density at radius 3 is 2.78 bits per heavy atom. The number of hydrogen-bond acceptors (Lipinski definition) is 6. The van der Waals surface area contributed by atoms with Gasteiger partial charge in [0, 0.05) is 30.1 Å². The minimum Gasteiger partial charge on any atom is -0.464 e. The molecule has 0 amide bonds. The Balaban J connectivity index is 1.53. The van der Waals surface area contributed by atoms with Gasteiger partial charge in [0.05, 0.1) is 18.3 Å². The molecular formula is C26H24ClN5O4. The number of ether oxygens (including phenoxy) is 1. The van der Waals surface area contributed by atoms with Crippen molar-refractivity contribution in [3.63, 3.8) is 0 Å². The summed E-state index contributed by atoms with van der Waals surface area (Å²) in [6, 6.07) is 15.7. The number of rotatable bonds is 8. The Hall–Kier alpha value is -4.11. The third-order valence-corrected chi connectivity index (χ3v) is 6.35. The Labute approximate surface area is 211 Å². The molecule has 0 fully saturated rings. The van der Waals surface area contributed by atoms with Gasteiger partial charge in [-0.05, 0) is 42.3 Å². The van der Waals surface area contributed by atoms with Crippen molar-refractivity contribution < 1.29 is 14.1 Å². The number of imidazole rings is 1. The number of fused-ring (bicyclic) bond motifs is 1. The van der Waals surface area contributed by atoms with Crippen LogP contribution in [0.4, 0.5) is 0 Å². The molecule has 9 nitrogen and oxygen atoms in total. The van der Waals surface area contributed by atoms with Crippen molar-refractivity contribution in [3.8, 4) is 17.1 Å². The van der Waals surface area contributed by atoms with Crippen molar-refractivity contribution in [2.75, 3.05) is 7.11 Å². The first-order valence-electron chi connectivity index (χ1n) is 11.6. The van der Waals surface area contributed by atoms with E-state index in [1.54, 1.807) is 0 Å². The number of carbonyl (C=O) groups excluding carboxylic acids is 1. The fourth-order valence-corrected chi connectivity index (χ4v) is 4.64. The third kappa shape index (κ3) is 4.33. The number of unbranched alkanes of at least 4 members (excludes halogenated alkanes) is 1. The number of esters is 1. The monoisotopic (exact) mass is 505 g/mol. The maximum Gasteiger partial charge on any atom is 0.439 e. The Morgan fingerprint density at radius 1 is 1.19 bits per heavy atom. The fourth-order valence-electron chi connectivity index (χ4n) is 4.37. The van der Waals surface area contributed by atoms with Crippen LogP contribution >= 0.6 is 11.6 Å². The number of methoxy groups -OCH3 is 1. The number of benzene rings is 2. The number of nitrogens with one attached hydrogen (secondary N) is 1. The minimum atomic E-state index is -0.606. The highest BCUT2D eigenvalue weighted by molar-refractivity contribution is 6.32. The summed E-state index contributed by atoms with van der Waals surface area (Å²) >= 11 is 6.33. The van der Waals surface area contributed by atoms with Crippen LogP contribution in [0.3, 0.4) is 0 Å². The highest BCUT2D eigenvalue weighted by Crippen LogP contribution is 2.29. The van der Waals surface area contributed by atoms with Crippen molar-refractivity contribution in [3.05, 3.63) is 87.5 Å². The summed E-state index contributed by atoms with van der Waals surface area (Å²) in [6.07, 6.45) is 4.62. The van der Waals surface area contributed by atoms with Crippen LogP contribution < -0.4 is 5.76 Å². The van der Waals surface area contributed by atoms with E-state index in [1.807, 2.05) is 57.8 Å². The molecule has 0 aliphatic carbocycles. The lowest BCUT2D eigenvalue weighted by Gasteiger charge is -2.13. The average molecular weight is 506 g/mol. The van der Waals surface area contributed by atoms with E-state index in [0.29, 0.717) is 18.8 Å². The summed E-state index contributed by atoms with van der Waals surface area (Å²) < 4.78 is 13.5. The van der Waals surface area contributed by atoms with Crippen molar-refractivity contribution in [1.29, 1.82) is 0 Å². The zero-order chi connectivity index (χ0) is 25.2. The zero-order valence-corrected chi connectivity index (χ0v) is 20.6. The number of aromatic nitrogens is 5. The van der Waals surface area contributed by atoms with Gasteiger partial charge in [0.15, 0.2) is 16.7 Å². The predicted molar refractivity (Wildman–Crippen MR) is 136 cm³/mol. The summed E-state index contributed by atoms with van der Waals surface area (Å²) in [5.74, 6) is 0.00693. The van der Waals surface area contributed by atoms with Crippen LogP contribution in [0.2, 0.25) is 5.15 Å². The molecule has 0 saturated carbocycles. The van der Waals surface area contributed by atoms with Crippen LogP contribution in [-0.2, 0) is 17.7 Å². The molecule has 0 atom stereocenters. The van der Waals surface area contributed by atoms with Crippen LogP contribution in [0.15, 0.2) is 64.0 Å². The maximum atomic E-state index is 12.5. The first-order chi connectivity index (χ1) is 17.5. The first kappa shape index (κ1) is 23.6. The summed E-state index contributed by atoms with van der Waals surface area (Å²) in [6.45, 7) is 2.54. The van der Waals surface area contributed by atoms with Crippen LogP contribution in [0.5, 0.6) is 0 Å². The maximum absolute atomic E-state index is 12.5. The standard InChI is InChI=1S/C26H24ClN5O4/c1-3-4-9-21-28-23(27)22(25(33)35-2)32(21)15-16-10-11-19-17(14-16)12-13-31(19)20-8-6-5-7-18(20)24-29-26(34)36-30-24/h5-8,10-14H,3-4,9,15H2,1-2H3,(H,29,30,34). The van der Waals surface area contributed by atoms with Gasteiger partial charge in [-0.2, -0.15) is 0 Å². The largest absolute Gasteiger partial charge is 0.464 e. The number of nitrogens with zero attached hydrogens (tertiary/aromatic N) is 4. The van der Waals surface area contributed by atoms with Crippen LogP contribution in [-0.4, -0.2) is 37.3 Å². The normalized spacial score (nSPS) is 11.3. The molecule has 3 heterocycles. The second-order valence-electron chi connectivity index (χ2n) is 8.39. The molecule has 0 saturated heterocycles. The number of aryl methyl sites for hydroxylation is 1. The zero-order valence-electron chi connectivity index (χ0n) is 19.8. The summed E-state index contributed by atoms with van der Waals surface area (Å²) in [7, 11) is 1.34. The molecule has 184 valence electrons. The van der Waals surface area contributed by atoms with Gasteiger partial charge < -0.3 is 13.9 Å². The van der Waals surface area contributed by atoms with E-state index in [0.717, 1.165) is 46.4 Å². The van der Waals surface area contributed by atoms with Crippen LogP contribution in [0.1, 0.15) is 41.6 Å². The van der Waals surface area contributed by atoms with Gasteiger partial charge in [-0.3, -0.25) is 9.51 Å². The van der Waals surface area contributed by atoms with E-state index < -0.39 is 11.7 Å². The second kappa shape index (κ2) is 9.87. The van der Waals surface area contributed by atoms with E-state index in [4.69, 9.17) is 20.9 Å². The fraction of sp³-hybridized carbons (Fsp3) is 0.231. The lowest BCUT2D eigenvalue weighted by molar-refractivity contribution is 0.0589. The van der Waals surface area contributed by atoms with Gasteiger partial charge in [0.25, 0.3) is 0 Å². The highest BCUT2D eigenvalue weighted by Gasteiger charge is 2.23. The van der Waals surface area contributed by atoms with Gasteiger partial charge in [0.1, 0.15) is 5.82 Å². The minimum absolute atomic E-state index is 0.155. The highest BCUT2D eigenvalue weighted by atomic mass is 35.5. The van der Waals surface area contributed by atoms with Crippen molar-refractivity contribution in [1.82, 2.24) is 24.3 Å². The lowest BCUT2D eigenvalue weighted by Crippen LogP contribution is -2.14. The molecule has 0 aliphatic rings. The predicted octanol–water partition coefficient (Wildman–Crippen LogP) is 5.00. The molecule has 10 heteroatoms. The van der Waals surface area contributed by atoms with E-state index in [9.17, 15) is 9.59 Å². The number of para-hydroxylation sites is 1. The van der Waals surface area contributed by atoms with Crippen molar-refractivity contribution in [2.24, 2.45) is 0 Å². The summed E-state index contributed by atoms with van der Waals surface area (Å²) in [5, 5.41) is 5.01. The van der Waals surface area contributed by atoms with E-state index in [-0.39, 0.29) is 10.8 Å². The van der Waals surface area contributed by atoms with Crippen LogP contribution in [0.25, 0.3) is 28.0 Å². The molecule has 36 heavy (non-hydrogen) atoms. The number of carbonyl (C=O) groups is 1. The Kier molecular flexibility index (Phi) is 6.47. The second-order valence-corrected chi connectivity index (χ2v) is 8.75. The number of aromatic amines is 1. The Morgan fingerprint density at radius 2 is 2.03 bits per heavy atom. The summed E-state index contributed by atoms with van der Waals surface area (Å²) in [4.78, 5) is 31.0. The molecule has 5 rings (SSSR count). The average Bonchev–Trinajstić information content (AvgIpc) is 3.59. The Bertz CT molecular complexity index is 1610. The lowest BCUT2D eigenvalue weighted by atomic mass is 10.1. The van der Waals surface area contributed by atoms with Crippen molar-refractivity contribution >= 4 is 28.5 Å². The molecule has 0 aliphatic heterocycles. The van der Waals surface area contributed by atoms with E-state index >= 15 is 0 Å². The molecule has 5 aromatic rings. The molecule has 0 bridgehead atoms. The molecule has 3 aromatic heterocycles. The topological polar surface area (TPSA) is 108 Å². The number of H-pyrrole nitrogens is 1. The molecule has 0 unspecified atom stereocenters. The van der Waals surface area contributed by atoms with Gasteiger partial charge in [-0.1, -0.05) is 48.3 Å². The van der Waals surface area contributed by atoms with Crippen molar-refractivity contribution in [2.45, 2.75) is 32.7 Å². The summed E-state index contributed by atoms with van der Waals surface area (Å²) in [5.41, 5.74) is 3.81. The molecule has 0 spiro atoms.